The Morgan fingerprint density at radius 2 is 2.00 bits per heavy atom. The first-order valence-electron chi connectivity index (χ1n) is 6.71. The molecule has 4 nitrogen and oxygen atoms in total. The number of methoxy groups -OCH3 is 1. The molecule has 2 unspecified atom stereocenters. The Labute approximate surface area is 122 Å². The fraction of sp³-hybridized carbons (Fsp3) is 0.235. The van der Waals surface area contributed by atoms with Gasteiger partial charge in [-0.15, -0.1) is 0 Å². The van der Waals surface area contributed by atoms with Crippen LogP contribution in [-0.2, 0) is 15.1 Å². The summed E-state index contributed by atoms with van der Waals surface area (Å²) in [7, 11) is 1.59. The number of hydrogen-bond acceptors (Lipinski definition) is 3. The van der Waals surface area contributed by atoms with Crippen molar-refractivity contribution in [3.63, 3.8) is 0 Å². The first-order valence-corrected chi connectivity index (χ1v) is 6.71. The summed E-state index contributed by atoms with van der Waals surface area (Å²) < 4.78 is 10.9. The molecule has 2 aromatic rings. The highest BCUT2D eigenvalue weighted by Gasteiger charge is 2.64. The summed E-state index contributed by atoms with van der Waals surface area (Å²) in [6, 6.07) is 15.1. The number of epoxide rings is 1. The highest BCUT2D eigenvalue weighted by atomic mass is 16.6. The average Bonchev–Trinajstić information content (AvgIpc) is 3.25. The predicted octanol–water partition coefficient (Wildman–Crippen LogP) is 2.73. The van der Waals surface area contributed by atoms with Gasteiger partial charge in [0.25, 0.3) is 0 Å². The molecular weight excluding hydrogens is 268 g/mol. The smallest absolute Gasteiger partial charge is 0.336 e. The lowest BCUT2D eigenvalue weighted by molar-refractivity contribution is -0.138. The SMILES string of the molecule is COc1cccc(C2(c3ccccc3C)OC2C(=O)O)c1. The van der Waals surface area contributed by atoms with E-state index < -0.39 is 17.7 Å². The number of hydrogen-bond donors (Lipinski definition) is 1. The van der Waals surface area contributed by atoms with Gasteiger partial charge in [0.05, 0.1) is 7.11 Å². The number of ether oxygens (including phenoxy) is 2. The Kier molecular flexibility index (Phi) is 3.18. The Bertz CT molecular complexity index is 695. The zero-order valence-corrected chi connectivity index (χ0v) is 11.9. The highest BCUT2D eigenvalue weighted by molar-refractivity contribution is 5.80. The van der Waals surface area contributed by atoms with Gasteiger partial charge in [-0.1, -0.05) is 36.4 Å². The van der Waals surface area contributed by atoms with Gasteiger partial charge in [-0.2, -0.15) is 0 Å². The van der Waals surface area contributed by atoms with Gasteiger partial charge in [0.2, 0.25) is 0 Å². The molecule has 2 aromatic carbocycles. The second kappa shape index (κ2) is 4.90. The van der Waals surface area contributed by atoms with Crippen LogP contribution in [0.5, 0.6) is 5.75 Å². The molecule has 0 amide bonds. The van der Waals surface area contributed by atoms with E-state index in [1.165, 1.54) is 0 Å². The summed E-state index contributed by atoms with van der Waals surface area (Å²) in [6.45, 7) is 1.96. The van der Waals surface area contributed by atoms with Gasteiger partial charge < -0.3 is 14.6 Å². The van der Waals surface area contributed by atoms with Crippen LogP contribution in [-0.4, -0.2) is 24.3 Å². The van der Waals surface area contributed by atoms with Gasteiger partial charge in [0.1, 0.15) is 5.75 Å². The highest BCUT2D eigenvalue weighted by Crippen LogP contribution is 2.53. The van der Waals surface area contributed by atoms with Gasteiger partial charge in [0, 0.05) is 0 Å². The molecule has 3 rings (SSSR count). The maximum Gasteiger partial charge on any atom is 0.336 e. The van der Waals surface area contributed by atoms with Crippen LogP contribution in [0, 0.1) is 6.92 Å². The second-order valence-electron chi connectivity index (χ2n) is 5.12. The van der Waals surface area contributed by atoms with E-state index in [0.29, 0.717) is 5.75 Å². The minimum absolute atomic E-state index is 0.681. The first-order chi connectivity index (χ1) is 10.1. The number of aliphatic carboxylic acids is 1. The van der Waals surface area contributed by atoms with Crippen LogP contribution in [0.3, 0.4) is 0 Å². The third-order valence-electron chi connectivity index (χ3n) is 3.88. The number of aryl methyl sites for hydroxylation is 1. The minimum Gasteiger partial charge on any atom is -0.497 e. The maximum absolute atomic E-state index is 11.4. The Balaban J connectivity index is 2.16. The Hall–Kier alpha value is -2.33. The Morgan fingerprint density at radius 3 is 2.62 bits per heavy atom. The van der Waals surface area contributed by atoms with Crippen LogP contribution in [0.25, 0.3) is 0 Å². The minimum atomic E-state index is -0.957. The zero-order chi connectivity index (χ0) is 15.0. The number of carboxylic acids is 1. The van der Waals surface area contributed by atoms with Crippen LogP contribution in [0.2, 0.25) is 0 Å². The molecule has 1 aliphatic heterocycles. The van der Waals surface area contributed by atoms with E-state index in [9.17, 15) is 9.90 Å². The van der Waals surface area contributed by atoms with Crippen molar-refractivity contribution in [2.75, 3.05) is 7.11 Å². The third kappa shape index (κ3) is 2.08. The largest absolute Gasteiger partial charge is 0.497 e. The quantitative estimate of drug-likeness (QED) is 0.877. The molecule has 0 spiro atoms. The zero-order valence-electron chi connectivity index (χ0n) is 11.9. The van der Waals surface area contributed by atoms with Crippen molar-refractivity contribution in [2.45, 2.75) is 18.6 Å². The van der Waals surface area contributed by atoms with Crippen molar-refractivity contribution in [2.24, 2.45) is 0 Å². The summed E-state index contributed by atoms with van der Waals surface area (Å²) in [5.74, 6) is -0.277. The number of carbonyl (C=O) groups is 1. The van der Waals surface area contributed by atoms with Crippen LogP contribution in [0.15, 0.2) is 48.5 Å². The molecule has 0 radical (unpaired) electrons. The lowest BCUT2D eigenvalue weighted by Crippen LogP contribution is -2.21. The predicted molar refractivity (Wildman–Crippen MR) is 77.5 cm³/mol. The number of carboxylic acid groups (broad SMARTS) is 1. The molecule has 0 aliphatic carbocycles. The molecule has 21 heavy (non-hydrogen) atoms. The van der Waals surface area contributed by atoms with E-state index in [0.717, 1.165) is 16.7 Å². The van der Waals surface area contributed by atoms with E-state index in [1.807, 2.05) is 55.5 Å². The van der Waals surface area contributed by atoms with E-state index in [4.69, 9.17) is 9.47 Å². The van der Waals surface area contributed by atoms with Crippen molar-refractivity contribution >= 4 is 5.97 Å². The average molecular weight is 284 g/mol. The van der Waals surface area contributed by atoms with Crippen molar-refractivity contribution < 1.29 is 19.4 Å². The normalized spacial score (nSPS) is 23.6. The summed E-state index contributed by atoms with van der Waals surface area (Å²) in [6.07, 6.45) is -0.870. The standard InChI is InChI=1S/C17H16O4/c1-11-6-3-4-9-14(11)17(15(21-17)16(18)19)12-7-5-8-13(10-12)20-2/h3-10,15H,1-2H3,(H,18,19). The summed E-state index contributed by atoms with van der Waals surface area (Å²) in [4.78, 5) is 11.4. The molecule has 1 N–H and O–H groups in total. The van der Waals surface area contributed by atoms with Gasteiger partial charge in [0.15, 0.2) is 11.7 Å². The molecule has 1 aliphatic rings. The number of benzene rings is 2. The van der Waals surface area contributed by atoms with Crippen LogP contribution < -0.4 is 4.74 Å². The van der Waals surface area contributed by atoms with E-state index in [-0.39, 0.29) is 0 Å². The summed E-state index contributed by atoms with van der Waals surface area (Å²) >= 11 is 0. The van der Waals surface area contributed by atoms with Gasteiger partial charge in [-0.25, -0.2) is 4.79 Å². The number of rotatable bonds is 4. The molecule has 4 heteroatoms. The van der Waals surface area contributed by atoms with E-state index in [1.54, 1.807) is 7.11 Å². The monoisotopic (exact) mass is 284 g/mol. The van der Waals surface area contributed by atoms with Gasteiger partial charge >= 0.3 is 5.97 Å². The Morgan fingerprint density at radius 1 is 1.24 bits per heavy atom. The third-order valence-corrected chi connectivity index (χ3v) is 3.88. The maximum atomic E-state index is 11.4. The van der Waals surface area contributed by atoms with Crippen molar-refractivity contribution in [1.82, 2.24) is 0 Å². The van der Waals surface area contributed by atoms with Crippen LogP contribution in [0.4, 0.5) is 0 Å². The topological polar surface area (TPSA) is 59.1 Å². The van der Waals surface area contributed by atoms with Crippen molar-refractivity contribution in [3.8, 4) is 5.75 Å². The lowest BCUT2D eigenvalue weighted by atomic mass is 9.85. The first kappa shape index (κ1) is 13.6. The molecule has 0 aromatic heterocycles. The summed E-state index contributed by atoms with van der Waals surface area (Å²) in [5, 5.41) is 9.37. The molecule has 0 saturated carbocycles. The molecule has 108 valence electrons. The fourth-order valence-corrected chi connectivity index (χ4v) is 2.80. The molecule has 0 bridgehead atoms. The molecular formula is C17H16O4. The van der Waals surface area contributed by atoms with Crippen LogP contribution in [0.1, 0.15) is 16.7 Å². The lowest BCUT2D eigenvalue weighted by Gasteiger charge is -2.17. The summed E-state index contributed by atoms with van der Waals surface area (Å²) in [5.41, 5.74) is 1.75. The second-order valence-corrected chi connectivity index (χ2v) is 5.12. The van der Waals surface area contributed by atoms with Crippen molar-refractivity contribution in [3.05, 3.63) is 65.2 Å². The van der Waals surface area contributed by atoms with E-state index >= 15 is 0 Å². The van der Waals surface area contributed by atoms with Crippen LogP contribution >= 0.6 is 0 Å². The molecule has 1 saturated heterocycles. The molecule has 2 atom stereocenters. The molecule has 1 fully saturated rings. The van der Waals surface area contributed by atoms with Gasteiger partial charge in [-0.05, 0) is 35.7 Å². The van der Waals surface area contributed by atoms with Crippen molar-refractivity contribution in [1.29, 1.82) is 0 Å². The molecule has 1 heterocycles. The van der Waals surface area contributed by atoms with E-state index in [2.05, 4.69) is 0 Å². The fourth-order valence-electron chi connectivity index (χ4n) is 2.80. The van der Waals surface area contributed by atoms with Gasteiger partial charge in [-0.3, -0.25) is 0 Å².